The monoisotopic (exact) mass is 388 g/mol. The first kappa shape index (κ1) is 21.8. The van der Waals surface area contributed by atoms with E-state index in [1.807, 2.05) is 39.0 Å². The van der Waals surface area contributed by atoms with Crippen LogP contribution in [0, 0.1) is 5.92 Å². The van der Waals surface area contributed by atoms with Crippen LogP contribution in [0.25, 0.3) is 6.08 Å². The molecule has 0 bridgehead atoms. The van der Waals surface area contributed by atoms with Gasteiger partial charge in [0.15, 0.2) is 11.5 Å². The van der Waals surface area contributed by atoms with Gasteiger partial charge in [0, 0.05) is 31.6 Å². The van der Waals surface area contributed by atoms with Crippen LogP contribution in [0.1, 0.15) is 45.6 Å². The highest BCUT2D eigenvalue weighted by Gasteiger charge is 2.26. The molecule has 1 aliphatic rings. The minimum atomic E-state index is -0.0334. The molecule has 0 spiro atoms. The Balaban J connectivity index is 1.91. The SMILES string of the molecule is CCCNC(=O)C1CCN(C(=O)/C=C/c2ccc(OC(C)C)c(OC)c2)CC1. The highest BCUT2D eigenvalue weighted by molar-refractivity contribution is 5.92. The van der Waals surface area contributed by atoms with Crippen molar-refractivity contribution in [3.63, 3.8) is 0 Å². The van der Waals surface area contributed by atoms with Gasteiger partial charge in [-0.3, -0.25) is 9.59 Å². The van der Waals surface area contributed by atoms with Crippen LogP contribution >= 0.6 is 0 Å². The molecule has 1 N–H and O–H groups in total. The zero-order valence-corrected chi connectivity index (χ0v) is 17.4. The maximum Gasteiger partial charge on any atom is 0.246 e. The zero-order valence-electron chi connectivity index (χ0n) is 17.4. The van der Waals surface area contributed by atoms with Gasteiger partial charge in [0.1, 0.15) is 0 Å². The quantitative estimate of drug-likeness (QED) is 0.694. The van der Waals surface area contributed by atoms with Crippen molar-refractivity contribution in [3.05, 3.63) is 29.8 Å². The van der Waals surface area contributed by atoms with Gasteiger partial charge in [-0.15, -0.1) is 0 Å². The van der Waals surface area contributed by atoms with Gasteiger partial charge in [0.2, 0.25) is 11.8 Å². The molecule has 0 aromatic heterocycles. The molecule has 154 valence electrons. The topological polar surface area (TPSA) is 67.9 Å². The predicted octanol–water partition coefficient (Wildman–Crippen LogP) is 3.26. The van der Waals surface area contributed by atoms with Crippen LogP contribution in [0.5, 0.6) is 11.5 Å². The molecule has 1 heterocycles. The van der Waals surface area contributed by atoms with E-state index in [1.54, 1.807) is 24.2 Å². The number of benzene rings is 1. The smallest absolute Gasteiger partial charge is 0.246 e. The standard InChI is InChI=1S/C22H32N2O4/c1-5-12-23-22(26)18-10-13-24(14-11-18)21(25)9-7-17-6-8-19(28-16(2)3)20(15-17)27-4/h6-9,15-16,18H,5,10-14H2,1-4H3,(H,23,26)/b9-7+. The zero-order chi connectivity index (χ0) is 20.5. The summed E-state index contributed by atoms with van der Waals surface area (Å²) in [5, 5.41) is 2.94. The third kappa shape index (κ3) is 6.29. The summed E-state index contributed by atoms with van der Waals surface area (Å²) in [6.45, 7) is 7.89. The Morgan fingerprint density at radius 1 is 1.25 bits per heavy atom. The summed E-state index contributed by atoms with van der Waals surface area (Å²) in [5.41, 5.74) is 0.870. The van der Waals surface area contributed by atoms with Gasteiger partial charge in [0.25, 0.3) is 0 Å². The number of amides is 2. The van der Waals surface area contributed by atoms with E-state index < -0.39 is 0 Å². The maximum absolute atomic E-state index is 12.5. The molecule has 0 atom stereocenters. The van der Waals surface area contributed by atoms with Crippen LogP contribution in [0.3, 0.4) is 0 Å². The number of nitrogens with zero attached hydrogens (tertiary/aromatic N) is 1. The number of carbonyl (C=O) groups is 2. The molecule has 2 amide bonds. The van der Waals surface area contributed by atoms with Gasteiger partial charge < -0.3 is 19.7 Å². The first-order valence-electron chi connectivity index (χ1n) is 10.0. The van der Waals surface area contributed by atoms with Gasteiger partial charge in [-0.05, 0) is 56.9 Å². The lowest BCUT2D eigenvalue weighted by Crippen LogP contribution is -2.42. The van der Waals surface area contributed by atoms with Gasteiger partial charge in [-0.2, -0.15) is 0 Å². The third-order valence-electron chi connectivity index (χ3n) is 4.70. The van der Waals surface area contributed by atoms with E-state index in [4.69, 9.17) is 9.47 Å². The number of likely N-dealkylation sites (tertiary alicyclic amines) is 1. The molecule has 1 aliphatic heterocycles. The fourth-order valence-corrected chi connectivity index (χ4v) is 3.17. The molecule has 6 nitrogen and oxygen atoms in total. The fourth-order valence-electron chi connectivity index (χ4n) is 3.17. The number of hydrogen-bond acceptors (Lipinski definition) is 4. The van der Waals surface area contributed by atoms with Crippen LogP contribution in [0.15, 0.2) is 24.3 Å². The highest BCUT2D eigenvalue weighted by Crippen LogP contribution is 2.29. The summed E-state index contributed by atoms with van der Waals surface area (Å²) in [5.74, 6) is 1.41. The summed E-state index contributed by atoms with van der Waals surface area (Å²) < 4.78 is 11.1. The summed E-state index contributed by atoms with van der Waals surface area (Å²) in [6, 6.07) is 5.60. The molecule has 0 aliphatic carbocycles. The average molecular weight is 389 g/mol. The molecule has 2 rings (SSSR count). The Morgan fingerprint density at radius 2 is 1.96 bits per heavy atom. The number of nitrogens with one attached hydrogen (secondary N) is 1. The second kappa shape index (κ2) is 10.7. The molecular weight excluding hydrogens is 356 g/mol. The van der Waals surface area contributed by atoms with Crippen LogP contribution in [-0.4, -0.2) is 49.6 Å². The van der Waals surface area contributed by atoms with E-state index in [0.29, 0.717) is 44.0 Å². The number of hydrogen-bond donors (Lipinski definition) is 1. The van der Waals surface area contributed by atoms with Crippen molar-refractivity contribution in [2.45, 2.75) is 46.1 Å². The Hall–Kier alpha value is -2.50. The lowest BCUT2D eigenvalue weighted by atomic mass is 9.96. The van der Waals surface area contributed by atoms with Crippen molar-refractivity contribution in [1.82, 2.24) is 10.2 Å². The second-order valence-electron chi connectivity index (χ2n) is 7.30. The molecule has 1 aromatic rings. The molecule has 0 saturated carbocycles. The Labute approximate surface area is 167 Å². The van der Waals surface area contributed by atoms with Gasteiger partial charge in [-0.25, -0.2) is 0 Å². The van der Waals surface area contributed by atoms with Gasteiger partial charge in [0.05, 0.1) is 13.2 Å². The van der Waals surface area contributed by atoms with Crippen LogP contribution in [0.4, 0.5) is 0 Å². The van der Waals surface area contributed by atoms with Crippen LogP contribution < -0.4 is 14.8 Å². The Morgan fingerprint density at radius 3 is 2.57 bits per heavy atom. The molecule has 6 heteroatoms. The van der Waals surface area contributed by atoms with E-state index in [2.05, 4.69) is 5.32 Å². The first-order chi connectivity index (χ1) is 13.4. The van der Waals surface area contributed by atoms with Crippen molar-refractivity contribution in [2.75, 3.05) is 26.7 Å². The van der Waals surface area contributed by atoms with E-state index in [0.717, 1.165) is 12.0 Å². The Bertz CT molecular complexity index is 692. The second-order valence-corrected chi connectivity index (χ2v) is 7.30. The highest BCUT2D eigenvalue weighted by atomic mass is 16.5. The summed E-state index contributed by atoms with van der Waals surface area (Å²) >= 11 is 0. The summed E-state index contributed by atoms with van der Waals surface area (Å²) in [4.78, 5) is 26.3. The lowest BCUT2D eigenvalue weighted by Gasteiger charge is -2.30. The summed E-state index contributed by atoms with van der Waals surface area (Å²) in [6.07, 6.45) is 5.78. The van der Waals surface area contributed by atoms with Crippen molar-refractivity contribution >= 4 is 17.9 Å². The minimum Gasteiger partial charge on any atom is -0.493 e. The number of rotatable bonds is 8. The lowest BCUT2D eigenvalue weighted by molar-refractivity contribution is -0.132. The van der Waals surface area contributed by atoms with E-state index in [9.17, 15) is 9.59 Å². The van der Waals surface area contributed by atoms with Gasteiger partial charge in [-0.1, -0.05) is 13.0 Å². The number of carbonyl (C=O) groups excluding carboxylic acids is 2. The largest absolute Gasteiger partial charge is 0.493 e. The van der Waals surface area contributed by atoms with Crippen molar-refractivity contribution in [2.24, 2.45) is 5.92 Å². The third-order valence-corrected chi connectivity index (χ3v) is 4.70. The van der Waals surface area contributed by atoms with Crippen molar-refractivity contribution in [3.8, 4) is 11.5 Å². The predicted molar refractivity (Wildman–Crippen MR) is 110 cm³/mol. The molecular formula is C22H32N2O4. The number of methoxy groups -OCH3 is 1. The van der Waals surface area contributed by atoms with E-state index in [1.165, 1.54) is 0 Å². The average Bonchev–Trinajstić information content (AvgIpc) is 2.70. The van der Waals surface area contributed by atoms with E-state index >= 15 is 0 Å². The molecule has 28 heavy (non-hydrogen) atoms. The molecule has 1 saturated heterocycles. The maximum atomic E-state index is 12.5. The minimum absolute atomic E-state index is 0.0114. The van der Waals surface area contributed by atoms with Crippen LogP contribution in [0.2, 0.25) is 0 Å². The molecule has 0 radical (unpaired) electrons. The van der Waals surface area contributed by atoms with E-state index in [-0.39, 0.29) is 23.8 Å². The Kier molecular flexibility index (Phi) is 8.36. The molecule has 0 unspecified atom stereocenters. The summed E-state index contributed by atoms with van der Waals surface area (Å²) in [7, 11) is 1.60. The van der Waals surface area contributed by atoms with Crippen molar-refractivity contribution in [1.29, 1.82) is 0 Å². The molecule has 1 fully saturated rings. The van der Waals surface area contributed by atoms with Crippen LogP contribution in [-0.2, 0) is 9.59 Å². The number of piperidine rings is 1. The van der Waals surface area contributed by atoms with Crippen molar-refractivity contribution < 1.29 is 19.1 Å². The first-order valence-corrected chi connectivity index (χ1v) is 10.0. The number of ether oxygens (including phenoxy) is 2. The fraction of sp³-hybridized carbons (Fsp3) is 0.545. The normalized spacial score (nSPS) is 15.1. The molecule has 1 aromatic carbocycles. The van der Waals surface area contributed by atoms with Gasteiger partial charge >= 0.3 is 0 Å².